The van der Waals surface area contributed by atoms with Gasteiger partial charge in [0.25, 0.3) is 5.69 Å². The van der Waals surface area contributed by atoms with E-state index in [1.807, 2.05) is 6.07 Å². The highest BCUT2D eigenvalue weighted by atomic mass is 31.2. The van der Waals surface area contributed by atoms with Crippen LogP contribution in [0.25, 0.3) is 0 Å². The maximum atomic E-state index is 13.5. The molecule has 0 fully saturated rings. The van der Waals surface area contributed by atoms with Crippen molar-refractivity contribution in [1.82, 2.24) is 0 Å². The van der Waals surface area contributed by atoms with Crippen molar-refractivity contribution in [2.24, 2.45) is 0 Å². The Morgan fingerprint density at radius 3 is 1.50 bits per heavy atom. The molecule has 0 aliphatic heterocycles. The molecule has 0 bridgehead atoms. The molecule has 10 nitrogen and oxygen atoms in total. The molecule has 1 heterocycles. The number of hydrogen-bond acceptors (Lipinski definition) is 8. The van der Waals surface area contributed by atoms with Crippen LogP contribution in [-0.4, -0.2) is 19.1 Å². The lowest BCUT2D eigenvalue weighted by molar-refractivity contribution is -0.536. The zero-order valence-corrected chi connectivity index (χ0v) is 20.3. The van der Waals surface area contributed by atoms with Crippen LogP contribution in [0.4, 0.5) is 5.69 Å². The first kappa shape index (κ1) is 26.1. The van der Waals surface area contributed by atoms with Gasteiger partial charge in [0, 0.05) is 24.3 Å². The van der Waals surface area contributed by atoms with E-state index in [9.17, 15) is 19.8 Å². The fourth-order valence-electron chi connectivity index (χ4n) is 2.77. The topological polar surface area (TPSA) is 124 Å². The Labute approximate surface area is 207 Å². The number of ether oxygens (including phenoxy) is 2. The molecule has 0 radical (unpaired) electrons. The van der Waals surface area contributed by atoms with Gasteiger partial charge in [-0.2, -0.15) is 4.57 Å². The van der Waals surface area contributed by atoms with Crippen LogP contribution in [0.3, 0.4) is 0 Å². The molecule has 4 rings (SSSR count). The molecule has 4 aromatic rings. The molecule has 36 heavy (non-hydrogen) atoms. The Morgan fingerprint density at radius 1 is 0.694 bits per heavy atom. The third-order valence-electron chi connectivity index (χ3n) is 4.59. The van der Waals surface area contributed by atoms with E-state index in [0.29, 0.717) is 23.0 Å². The summed E-state index contributed by atoms with van der Waals surface area (Å²) in [6.45, 7) is 0. The number of benzene rings is 3. The average molecular weight is 510 g/mol. The van der Waals surface area contributed by atoms with E-state index >= 15 is 0 Å². The Hall–Kier alpha value is -4.56. The van der Waals surface area contributed by atoms with Gasteiger partial charge in [-0.3, -0.25) is 10.1 Å². The first-order chi connectivity index (χ1) is 17.3. The van der Waals surface area contributed by atoms with Crippen LogP contribution in [0, 0.1) is 10.1 Å². The first-order valence-corrected chi connectivity index (χ1v) is 12.0. The second kappa shape index (κ2) is 12.2. The molecule has 0 atom stereocenters. The molecule has 0 saturated heterocycles. The van der Waals surface area contributed by atoms with Crippen molar-refractivity contribution in [3.8, 4) is 28.7 Å². The highest BCUT2D eigenvalue weighted by Crippen LogP contribution is 2.44. The molecule has 0 saturated carbocycles. The molecule has 0 unspecified atom stereocenters. The van der Waals surface area contributed by atoms with Crippen molar-refractivity contribution in [3.63, 3.8) is 0 Å². The molecule has 11 heteroatoms. The fourth-order valence-corrected chi connectivity index (χ4v) is 4.26. The van der Waals surface area contributed by atoms with E-state index in [0.717, 1.165) is 12.1 Å². The van der Waals surface area contributed by atoms with Crippen LogP contribution in [-0.2, 0) is 4.57 Å². The van der Waals surface area contributed by atoms with Crippen molar-refractivity contribution in [3.05, 3.63) is 114 Å². The smallest absolute Gasteiger partial charge is 0.728 e. The quantitative estimate of drug-likeness (QED) is 0.189. The van der Waals surface area contributed by atoms with Crippen LogP contribution in [0.2, 0.25) is 0 Å². The summed E-state index contributed by atoms with van der Waals surface area (Å²) in [7, 11) is -0.574. The van der Waals surface area contributed by atoms with Crippen LogP contribution >= 0.6 is 7.75 Å². The van der Waals surface area contributed by atoms with Gasteiger partial charge in [0.15, 0.2) is 12.4 Å². The summed E-state index contributed by atoms with van der Waals surface area (Å²) < 4.78 is 36.7. The number of pyridine rings is 1. The summed E-state index contributed by atoms with van der Waals surface area (Å²) in [6.07, 6.45) is 3.27. The van der Waals surface area contributed by atoms with E-state index in [1.54, 1.807) is 87.3 Å². The minimum atomic E-state index is -3.73. The summed E-state index contributed by atoms with van der Waals surface area (Å²) >= 11 is 0. The van der Waals surface area contributed by atoms with Gasteiger partial charge in [0.2, 0.25) is 0 Å². The van der Waals surface area contributed by atoms with Gasteiger partial charge >= 0.3 is 7.75 Å². The maximum Gasteiger partial charge on any atom is 0.728 e. The van der Waals surface area contributed by atoms with Crippen molar-refractivity contribution in [2.75, 3.05) is 14.2 Å². The first-order valence-electron chi connectivity index (χ1n) is 10.5. The average Bonchev–Trinajstić information content (AvgIpc) is 2.91. The highest BCUT2D eigenvalue weighted by molar-refractivity contribution is 7.47. The summed E-state index contributed by atoms with van der Waals surface area (Å²) in [5.74, 6) is 1.94. The minimum Gasteiger partial charge on any atom is -0.872 e. The second-order valence-corrected chi connectivity index (χ2v) is 8.77. The van der Waals surface area contributed by atoms with Gasteiger partial charge in [0.1, 0.15) is 23.0 Å². The summed E-state index contributed by atoms with van der Waals surface area (Å²) in [4.78, 5) is 9.47. The van der Waals surface area contributed by atoms with Crippen molar-refractivity contribution in [1.29, 1.82) is 0 Å². The molecular formula is C25H23N2O8P. The molecule has 0 aliphatic rings. The van der Waals surface area contributed by atoms with Crippen LogP contribution in [0.1, 0.15) is 0 Å². The van der Waals surface area contributed by atoms with Gasteiger partial charge in [-0.05, 0) is 48.5 Å². The third kappa shape index (κ3) is 7.22. The SMILES string of the molecule is COc1ccc(OP(=O)(Oc2ccc(OC)cc2)[n+]2ccccc2)cc1.O=[N+]([O-])c1ccc([O-])cc1. The van der Waals surface area contributed by atoms with Crippen molar-refractivity contribution >= 4 is 13.4 Å². The van der Waals surface area contributed by atoms with Crippen LogP contribution < -0.4 is 28.0 Å². The summed E-state index contributed by atoms with van der Waals surface area (Å²) in [6, 6.07) is 23.6. The lowest BCUT2D eigenvalue weighted by Crippen LogP contribution is -2.34. The van der Waals surface area contributed by atoms with E-state index in [-0.39, 0.29) is 11.4 Å². The van der Waals surface area contributed by atoms with Crippen LogP contribution in [0.15, 0.2) is 103 Å². The van der Waals surface area contributed by atoms with Crippen LogP contribution in [0.5, 0.6) is 28.7 Å². The standard InChI is InChI=1S/C19H19NO5P.C6H5NO3/c1-22-16-6-10-18(11-7-16)24-26(21,20-14-4-3-5-15-20)25-19-12-8-17(23-2)9-13-19;8-6-3-1-5(2-4-6)7(9)10/h3-15H,1-2H3;1-4,8H/q+1;/p-1. The normalized spacial score (nSPS) is 10.4. The second-order valence-electron chi connectivity index (χ2n) is 7.01. The van der Waals surface area contributed by atoms with E-state index in [2.05, 4.69) is 0 Å². The predicted octanol–water partition coefficient (Wildman–Crippen LogP) is 4.77. The Morgan fingerprint density at radius 2 is 1.11 bits per heavy atom. The predicted molar refractivity (Wildman–Crippen MR) is 129 cm³/mol. The van der Waals surface area contributed by atoms with E-state index in [4.69, 9.17) is 18.5 Å². The van der Waals surface area contributed by atoms with E-state index < -0.39 is 12.7 Å². The van der Waals surface area contributed by atoms with Gasteiger partial charge in [0.05, 0.1) is 19.1 Å². The van der Waals surface area contributed by atoms with Crippen molar-refractivity contribution < 1.29 is 37.5 Å². The number of aromatic nitrogens is 1. The number of nitro groups is 1. The third-order valence-corrected chi connectivity index (χ3v) is 6.31. The monoisotopic (exact) mass is 510 g/mol. The van der Waals surface area contributed by atoms with Gasteiger partial charge in [-0.25, -0.2) is 0 Å². The minimum absolute atomic E-state index is 0.0559. The van der Waals surface area contributed by atoms with Gasteiger partial charge in [-0.15, -0.1) is 5.75 Å². The molecule has 0 N–H and O–H groups in total. The largest absolute Gasteiger partial charge is 0.872 e. The van der Waals surface area contributed by atoms with E-state index in [1.165, 1.54) is 16.5 Å². The van der Waals surface area contributed by atoms with Crippen molar-refractivity contribution in [2.45, 2.75) is 0 Å². The molecule has 0 spiro atoms. The Kier molecular flexibility index (Phi) is 8.85. The summed E-state index contributed by atoms with van der Waals surface area (Å²) in [5, 5.41) is 20.4. The lowest BCUT2D eigenvalue weighted by atomic mass is 10.3. The number of hydrogen-bond donors (Lipinski definition) is 0. The number of rotatable bonds is 8. The maximum absolute atomic E-state index is 13.5. The number of non-ortho nitro benzene ring substituents is 1. The molecule has 1 aromatic heterocycles. The molecule has 0 aliphatic carbocycles. The molecule has 186 valence electrons. The summed E-state index contributed by atoms with van der Waals surface area (Å²) in [5.41, 5.74) is -0.0559. The number of nitrogens with zero attached hydrogens (tertiary/aromatic N) is 2. The Balaban J connectivity index is 0.000000303. The Bertz CT molecular complexity index is 1250. The lowest BCUT2D eigenvalue weighted by Gasteiger charge is -2.14. The number of nitro benzene ring substituents is 1. The highest BCUT2D eigenvalue weighted by Gasteiger charge is 2.42. The molecule has 0 amide bonds. The molecular weight excluding hydrogens is 487 g/mol. The fraction of sp³-hybridized carbons (Fsp3) is 0.0800. The van der Waals surface area contributed by atoms with Gasteiger partial charge in [-0.1, -0.05) is 22.5 Å². The van der Waals surface area contributed by atoms with Gasteiger partial charge < -0.3 is 23.6 Å². The molecule has 3 aromatic carbocycles. The zero-order valence-electron chi connectivity index (χ0n) is 19.4. The zero-order chi connectivity index (χ0) is 26.0. The number of methoxy groups -OCH3 is 2.